The average Bonchev–Trinajstić information content (AvgIpc) is 3.04. The molecule has 0 aromatic carbocycles. The predicted octanol–water partition coefficient (Wildman–Crippen LogP) is 4.03. The molecule has 12 heteroatoms. The molecule has 2 aromatic heterocycles. The summed E-state index contributed by atoms with van der Waals surface area (Å²) in [6.07, 6.45) is 1.56. The number of hydrogen-bond donors (Lipinski definition) is 2. The summed E-state index contributed by atoms with van der Waals surface area (Å²) < 4.78 is 58.7. The Morgan fingerprint density at radius 2 is 1.86 bits per heavy atom. The van der Waals surface area contributed by atoms with Gasteiger partial charge in [-0.2, -0.15) is 27.1 Å². The summed E-state index contributed by atoms with van der Waals surface area (Å²) in [5.41, 5.74) is 1.96. The van der Waals surface area contributed by atoms with Gasteiger partial charge >= 0.3 is 18.7 Å². The summed E-state index contributed by atoms with van der Waals surface area (Å²) in [6.45, 7) is -2.77. The Morgan fingerprint density at radius 1 is 1.21 bits per heavy atom. The van der Waals surface area contributed by atoms with E-state index in [9.17, 15) is 26.7 Å². The molecule has 0 spiro atoms. The highest BCUT2D eigenvalue weighted by Gasteiger charge is 2.38. The molecule has 1 aliphatic rings. The highest BCUT2D eigenvalue weighted by molar-refractivity contribution is 5.94. The van der Waals surface area contributed by atoms with Crippen LogP contribution in [0.2, 0.25) is 0 Å². The summed E-state index contributed by atoms with van der Waals surface area (Å²) in [5, 5.41) is 13.5. The van der Waals surface area contributed by atoms with Gasteiger partial charge in [-0.15, -0.1) is 0 Å². The van der Waals surface area contributed by atoms with Gasteiger partial charge in [0.05, 0.1) is 17.6 Å². The van der Waals surface area contributed by atoms with Crippen LogP contribution in [0.1, 0.15) is 37.9 Å². The molecule has 0 fully saturated rings. The number of nitrogens with zero attached hydrogens (tertiary/aromatic N) is 3. The molecule has 0 radical (unpaired) electrons. The predicted molar refractivity (Wildman–Crippen MR) is 91.2 cm³/mol. The summed E-state index contributed by atoms with van der Waals surface area (Å²) in [4.78, 5) is 25.1. The second kappa shape index (κ2) is 9.43. The quantitative estimate of drug-likeness (QED) is 0.679. The Kier molecular flexibility index (Phi) is 7.23. The van der Waals surface area contributed by atoms with Crippen LogP contribution in [0, 0.1) is 0 Å². The van der Waals surface area contributed by atoms with Gasteiger partial charge in [0.25, 0.3) is 0 Å². The van der Waals surface area contributed by atoms with Crippen molar-refractivity contribution < 1.29 is 36.6 Å². The number of carboxylic acid groups (broad SMARTS) is 1. The van der Waals surface area contributed by atoms with Gasteiger partial charge in [-0.25, -0.2) is 9.48 Å². The van der Waals surface area contributed by atoms with Crippen molar-refractivity contribution in [3.63, 3.8) is 0 Å². The first-order chi connectivity index (χ1) is 13.6. The van der Waals surface area contributed by atoms with E-state index >= 15 is 0 Å². The van der Waals surface area contributed by atoms with Crippen molar-refractivity contribution in [1.29, 1.82) is 0 Å². The number of carbonyl (C=O) groups is 2. The third-order valence-corrected chi connectivity index (χ3v) is 3.92. The smallest absolute Gasteiger partial charge is 0.475 e. The molecule has 2 bridgehead atoms. The lowest BCUT2D eigenvalue weighted by molar-refractivity contribution is -0.192. The van der Waals surface area contributed by atoms with Crippen LogP contribution in [0.15, 0.2) is 24.5 Å². The molecule has 3 heterocycles. The molecule has 158 valence electrons. The monoisotopic (exact) mass is 420 g/mol. The third kappa shape index (κ3) is 6.22. The number of alkyl halides is 5. The number of halogens is 5. The molecule has 1 amide bonds. The molecule has 0 saturated carbocycles. The first kappa shape index (κ1) is 22.2. The molecule has 0 unspecified atom stereocenters. The Balaban J connectivity index is 0.000000370. The minimum atomic E-state index is -5.08. The molecule has 2 N–H and O–H groups in total. The van der Waals surface area contributed by atoms with E-state index < -0.39 is 18.7 Å². The normalized spacial score (nSPS) is 14.6. The number of aliphatic carboxylic acids is 1. The number of rotatable bonds is 1. The second-order valence-electron chi connectivity index (χ2n) is 6.08. The van der Waals surface area contributed by atoms with Crippen molar-refractivity contribution in [1.82, 2.24) is 14.8 Å². The number of nitrogens with one attached hydrogen (secondary N) is 1. The van der Waals surface area contributed by atoms with Gasteiger partial charge in [-0.3, -0.25) is 9.78 Å². The third-order valence-electron chi connectivity index (χ3n) is 3.92. The van der Waals surface area contributed by atoms with Crippen molar-refractivity contribution in [3.05, 3.63) is 30.2 Å². The highest BCUT2D eigenvalue weighted by atomic mass is 19.4. The lowest BCUT2D eigenvalue weighted by Gasteiger charge is -2.12. The van der Waals surface area contributed by atoms with Crippen LogP contribution in [0.25, 0.3) is 11.3 Å². The minimum Gasteiger partial charge on any atom is -0.475 e. The number of carbonyl (C=O) groups excluding carboxylic acids is 1. The molecule has 1 aliphatic heterocycles. The number of hydrogen-bond acceptors (Lipinski definition) is 4. The Morgan fingerprint density at radius 3 is 2.48 bits per heavy atom. The van der Waals surface area contributed by atoms with Gasteiger partial charge in [0.1, 0.15) is 0 Å². The van der Waals surface area contributed by atoms with E-state index in [1.54, 1.807) is 18.3 Å². The van der Waals surface area contributed by atoms with Gasteiger partial charge in [0, 0.05) is 23.9 Å². The van der Waals surface area contributed by atoms with E-state index in [0.717, 1.165) is 31.4 Å². The summed E-state index contributed by atoms with van der Waals surface area (Å²) in [6, 6.07) is 3.44. The average molecular weight is 420 g/mol. The van der Waals surface area contributed by atoms with E-state index in [2.05, 4.69) is 15.4 Å². The zero-order valence-corrected chi connectivity index (χ0v) is 14.9. The van der Waals surface area contributed by atoms with E-state index in [1.165, 1.54) is 6.20 Å². The molecular formula is C17H17F5N4O3. The van der Waals surface area contributed by atoms with Crippen LogP contribution in [0.4, 0.5) is 27.6 Å². The maximum atomic E-state index is 13.2. The largest absolute Gasteiger partial charge is 0.490 e. The van der Waals surface area contributed by atoms with Crippen molar-refractivity contribution in [2.45, 2.75) is 44.8 Å². The summed E-state index contributed by atoms with van der Waals surface area (Å²) in [7, 11) is 0. The first-order valence-corrected chi connectivity index (χ1v) is 8.50. The number of anilines is 1. The van der Waals surface area contributed by atoms with Crippen LogP contribution in [0.3, 0.4) is 0 Å². The topological polar surface area (TPSA) is 97.1 Å². The molecule has 0 saturated heterocycles. The molecule has 29 heavy (non-hydrogen) atoms. The van der Waals surface area contributed by atoms with Crippen LogP contribution < -0.4 is 5.32 Å². The van der Waals surface area contributed by atoms with E-state index in [0.29, 0.717) is 22.4 Å². The van der Waals surface area contributed by atoms with Crippen LogP contribution in [-0.4, -0.2) is 37.9 Å². The SMILES string of the molecule is O=C(O)C(F)(F)F.O=C1CCCCCc2cc(ccn2)-c2c(cnn2C(F)F)N1. The Bertz CT molecular complexity index is 867. The zero-order valence-electron chi connectivity index (χ0n) is 14.9. The van der Waals surface area contributed by atoms with E-state index in [4.69, 9.17) is 9.90 Å². The molecule has 7 nitrogen and oxygen atoms in total. The fourth-order valence-electron chi connectivity index (χ4n) is 2.63. The van der Waals surface area contributed by atoms with Crippen molar-refractivity contribution in [2.75, 3.05) is 5.32 Å². The number of aryl methyl sites for hydroxylation is 1. The first-order valence-electron chi connectivity index (χ1n) is 8.50. The molecule has 0 atom stereocenters. The number of amides is 1. The highest BCUT2D eigenvalue weighted by Crippen LogP contribution is 2.32. The zero-order chi connectivity index (χ0) is 21.6. The van der Waals surface area contributed by atoms with Crippen molar-refractivity contribution in [3.8, 4) is 11.3 Å². The molecule has 2 aromatic rings. The summed E-state index contributed by atoms with van der Waals surface area (Å²) >= 11 is 0. The van der Waals surface area contributed by atoms with Crippen LogP contribution in [-0.2, 0) is 16.0 Å². The van der Waals surface area contributed by atoms with Crippen molar-refractivity contribution >= 4 is 17.6 Å². The number of carboxylic acids is 1. The lowest BCUT2D eigenvalue weighted by atomic mass is 10.1. The maximum absolute atomic E-state index is 13.2. The fraction of sp³-hybridized carbons (Fsp3) is 0.412. The Hall–Kier alpha value is -3.05. The molecular weight excluding hydrogens is 403 g/mol. The van der Waals surface area contributed by atoms with Gasteiger partial charge in [-0.1, -0.05) is 6.42 Å². The number of fused-ring (bicyclic) bond motifs is 4. The van der Waals surface area contributed by atoms with Crippen LogP contribution >= 0.6 is 0 Å². The molecule has 3 rings (SSSR count). The van der Waals surface area contributed by atoms with Gasteiger partial charge in [-0.05, 0) is 31.4 Å². The number of aromatic nitrogens is 3. The molecule has 0 aliphatic carbocycles. The van der Waals surface area contributed by atoms with Gasteiger partial charge in [0.2, 0.25) is 5.91 Å². The Labute approximate surface area is 161 Å². The minimum absolute atomic E-state index is 0.176. The lowest BCUT2D eigenvalue weighted by Crippen LogP contribution is -2.21. The maximum Gasteiger partial charge on any atom is 0.490 e. The van der Waals surface area contributed by atoms with Gasteiger partial charge < -0.3 is 10.4 Å². The number of pyridine rings is 1. The van der Waals surface area contributed by atoms with Crippen molar-refractivity contribution in [2.24, 2.45) is 0 Å². The summed E-state index contributed by atoms with van der Waals surface area (Å²) in [5.74, 6) is -2.93. The van der Waals surface area contributed by atoms with Gasteiger partial charge in [0.15, 0.2) is 0 Å². The second-order valence-corrected chi connectivity index (χ2v) is 6.08. The van der Waals surface area contributed by atoms with Crippen LogP contribution in [0.5, 0.6) is 0 Å². The fourth-order valence-corrected chi connectivity index (χ4v) is 2.63. The van der Waals surface area contributed by atoms with E-state index in [-0.39, 0.29) is 11.6 Å². The standard InChI is InChI=1S/C15H16F2N4O.C2HF3O2/c16-15(17)21-14-10-6-7-18-11(8-10)4-2-1-3-5-13(22)20-12(14)9-19-21;3-2(4,5)1(6)7/h6-9,15H,1-5H2,(H,20,22);(H,6,7). The van der Waals surface area contributed by atoms with E-state index in [1.807, 2.05) is 0 Å².